The van der Waals surface area contributed by atoms with Gasteiger partial charge in [0.15, 0.2) is 0 Å². The number of rotatable bonds is 10. The molecule has 3 atom stereocenters. The number of hydrogen-bond donors (Lipinski definition) is 3. The molecule has 4 amide bonds. The molecule has 72 heavy (non-hydrogen) atoms. The van der Waals surface area contributed by atoms with E-state index in [1.54, 1.807) is 35.3 Å². The van der Waals surface area contributed by atoms with Crippen molar-refractivity contribution in [1.82, 2.24) is 39.1 Å². The van der Waals surface area contributed by atoms with Gasteiger partial charge in [0.2, 0.25) is 11.8 Å². The lowest BCUT2D eigenvalue weighted by atomic mass is 9.83. The van der Waals surface area contributed by atoms with Crippen molar-refractivity contribution in [3.05, 3.63) is 117 Å². The smallest absolute Gasteiger partial charge is 0.276 e. The Morgan fingerprint density at radius 1 is 0.819 bits per heavy atom. The van der Waals surface area contributed by atoms with Gasteiger partial charge in [-0.15, -0.1) is 0 Å². The highest BCUT2D eigenvalue weighted by molar-refractivity contribution is 6.07. The van der Waals surface area contributed by atoms with Gasteiger partial charge in [-0.3, -0.25) is 44.0 Å². The molecule has 1 unspecified atom stereocenters. The van der Waals surface area contributed by atoms with Crippen LogP contribution in [0, 0.1) is 5.41 Å². The van der Waals surface area contributed by atoms with Crippen LogP contribution in [0.3, 0.4) is 0 Å². The third-order valence-electron chi connectivity index (χ3n) is 16.9. The van der Waals surface area contributed by atoms with E-state index in [4.69, 9.17) is 4.98 Å². The number of anilines is 4. The Kier molecular flexibility index (Phi) is 11.5. The Bertz CT molecular complexity index is 3100. The van der Waals surface area contributed by atoms with Crippen LogP contribution in [0.25, 0.3) is 11.1 Å². The summed E-state index contributed by atoms with van der Waals surface area (Å²) in [6, 6.07) is 16.7. The molecule has 1 aromatic carbocycles. The van der Waals surface area contributed by atoms with Crippen LogP contribution in [0.2, 0.25) is 0 Å². The van der Waals surface area contributed by atoms with Crippen LogP contribution in [0.4, 0.5) is 23.0 Å². The number of aryl methyl sites for hydroxylation is 1. The van der Waals surface area contributed by atoms with E-state index in [1.807, 2.05) is 24.4 Å². The van der Waals surface area contributed by atoms with Gasteiger partial charge in [0.1, 0.15) is 29.1 Å². The van der Waals surface area contributed by atoms with Gasteiger partial charge in [-0.1, -0.05) is 26.0 Å². The van der Waals surface area contributed by atoms with Crippen molar-refractivity contribution in [2.45, 2.75) is 115 Å². The summed E-state index contributed by atoms with van der Waals surface area (Å²) in [6.07, 6.45) is 11.2. The number of fused-ring (bicyclic) bond motifs is 4. The Hall–Kier alpha value is -6.69. The Labute approximate surface area is 418 Å². The van der Waals surface area contributed by atoms with Crippen molar-refractivity contribution >= 4 is 46.6 Å². The standard InChI is InChI=1S/C55H63N11O6/c1-32-27-62(40-22-39(23-40)61-14-12-34(29-61)33-5-6-35-30-66(52(70)42(35)19-33)45-8-10-49(68)59-51(45)69)15-16-63(32)38-7-9-48(57-26-38)58-44-20-37(28-60(4)53(44)71)41-11-13-56-50(43(41)31-67)65-18-17-64-46(54(65)72)21-36-24-55(2,3)25-47(36)64/h5-7,9,11,13,19-21,26,28,32,34,39-40,45,67H,8,10,12,14-18,22-25,27,29-31H2,1-4H3,(H,57,58)(H,59,68,69)/t32-,34+,39?,40?,45?/m0/s1. The number of aliphatic hydroxyl groups excluding tert-OH is 1. The second kappa shape index (κ2) is 17.8. The van der Waals surface area contributed by atoms with E-state index in [1.165, 1.54) is 21.4 Å². The van der Waals surface area contributed by atoms with Gasteiger partial charge in [-0.25, -0.2) is 9.97 Å². The fourth-order valence-electron chi connectivity index (χ4n) is 13.0. The summed E-state index contributed by atoms with van der Waals surface area (Å²) in [5, 5.41) is 16.5. The molecular formula is C55H63N11O6. The Balaban J connectivity index is 0.651. The molecule has 17 nitrogen and oxygen atoms in total. The van der Waals surface area contributed by atoms with Crippen molar-refractivity contribution in [2.24, 2.45) is 12.5 Å². The molecule has 12 rings (SSSR count). The van der Waals surface area contributed by atoms with Crippen LogP contribution < -0.4 is 26.0 Å². The summed E-state index contributed by atoms with van der Waals surface area (Å²) < 4.78 is 3.69. The highest BCUT2D eigenvalue weighted by atomic mass is 16.3. The monoisotopic (exact) mass is 973 g/mol. The molecule has 4 aromatic heterocycles. The third kappa shape index (κ3) is 8.09. The van der Waals surface area contributed by atoms with E-state index in [0.29, 0.717) is 89.3 Å². The van der Waals surface area contributed by atoms with E-state index >= 15 is 0 Å². The van der Waals surface area contributed by atoms with Crippen LogP contribution in [-0.2, 0) is 49.2 Å². The maximum absolute atomic E-state index is 14.0. The van der Waals surface area contributed by atoms with E-state index in [2.05, 4.69) is 79.9 Å². The average Bonchev–Trinajstić information content (AvgIpc) is 4.12. The fraction of sp³-hybridized carbons (Fsp3) is 0.473. The number of piperazine rings is 1. The number of nitrogens with one attached hydrogen (secondary N) is 2. The largest absolute Gasteiger partial charge is 0.392 e. The number of aromatic nitrogens is 4. The maximum atomic E-state index is 14.0. The third-order valence-corrected chi connectivity index (χ3v) is 16.9. The zero-order valence-corrected chi connectivity index (χ0v) is 41.6. The lowest BCUT2D eigenvalue weighted by Crippen LogP contribution is -2.60. The van der Waals surface area contributed by atoms with Crippen molar-refractivity contribution in [3.63, 3.8) is 0 Å². The predicted molar refractivity (Wildman–Crippen MR) is 272 cm³/mol. The van der Waals surface area contributed by atoms with Gasteiger partial charge < -0.3 is 29.4 Å². The SMILES string of the molecule is C[C@H]1CN(C2CC(N3CC[C@@H](c4ccc5c(c4)C(=O)N(C4CCC(=O)NC4=O)C5)C3)C2)CCN1c1ccc(Nc2cc(-c3ccnc(N4CCn5c(cc6c5CC(C)(C)C6)C4=O)c3CO)cn(C)c2=O)nc1. The molecule has 0 spiro atoms. The number of piperidine rings is 1. The molecule has 3 saturated heterocycles. The number of aliphatic hydroxyl groups is 1. The summed E-state index contributed by atoms with van der Waals surface area (Å²) in [5.74, 6) is 0.437. The normalized spacial score (nSPS) is 25.1. The van der Waals surface area contributed by atoms with Crippen molar-refractivity contribution in [2.75, 3.05) is 54.4 Å². The van der Waals surface area contributed by atoms with Crippen molar-refractivity contribution in [3.8, 4) is 11.1 Å². The number of hydrogen-bond acceptors (Lipinski definition) is 12. The first-order chi connectivity index (χ1) is 34.7. The molecule has 1 saturated carbocycles. The van der Waals surface area contributed by atoms with E-state index in [-0.39, 0.29) is 53.7 Å². The topological polar surface area (TPSA) is 181 Å². The number of imide groups is 1. The predicted octanol–water partition coefficient (Wildman–Crippen LogP) is 4.96. The van der Waals surface area contributed by atoms with Gasteiger partial charge in [0.25, 0.3) is 17.4 Å². The number of benzene rings is 1. The van der Waals surface area contributed by atoms with Gasteiger partial charge in [-0.05, 0) is 122 Å². The molecule has 4 fully saturated rings. The van der Waals surface area contributed by atoms with Crippen LogP contribution in [0.5, 0.6) is 0 Å². The lowest BCUT2D eigenvalue weighted by molar-refractivity contribution is -0.136. The lowest BCUT2D eigenvalue weighted by Gasteiger charge is -2.51. The first-order valence-corrected chi connectivity index (χ1v) is 25.8. The highest BCUT2D eigenvalue weighted by Crippen LogP contribution is 2.42. The molecular weight excluding hydrogens is 911 g/mol. The van der Waals surface area contributed by atoms with E-state index < -0.39 is 6.04 Å². The minimum atomic E-state index is -0.601. The van der Waals surface area contributed by atoms with Gasteiger partial charge in [0, 0.05) is 112 Å². The average molecular weight is 974 g/mol. The molecule has 17 heteroatoms. The van der Waals surface area contributed by atoms with E-state index in [0.717, 1.165) is 76.1 Å². The Morgan fingerprint density at radius 2 is 1.64 bits per heavy atom. The van der Waals surface area contributed by atoms with Crippen LogP contribution in [-0.4, -0.2) is 126 Å². The number of pyridine rings is 3. The highest BCUT2D eigenvalue weighted by Gasteiger charge is 2.44. The fourth-order valence-corrected chi connectivity index (χ4v) is 13.0. The van der Waals surface area contributed by atoms with Gasteiger partial charge in [-0.2, -0.15) is 0 Å². The second-order valence-electron chi connectivity index (χ2n) is 22.1. The molecule has 9 heterocycles. The summed E-state index contributed by atoms with van der Waals surface area (Å²) in [7, 11) is 1.70. The molecule has 0 bridgehead atoms. The van der Waals surface area contributed by atoms with Crippen LogP contribution in [0.1, 0.15) is 108 Å². The first kappa shape index (κ1) is 46.4. The molecule has 2 aliphatic carbocycles. The van der Waals surface area contributed by atoms with Crippen LogP contribution >= 0.6 is 0 Å². The first-order valence-electron chi connectivity index (χ1n) is 25.8. The van der Waals surface area contributed by atoms with Gasteiger partial charge >= 0.3 is 0 Å². The minimum absolute atomic E-state index is 0.114. The summed E-state index contributed by atoms with van der Waals surface area (Å²) in [6.45, 7) is 12.8. The molecule has 0 radical (unpaired) electrons. The molecule has 3 N–H and O–H groups in total. The number of carbonyl (C=O) groups is 4. The van der Waals surface area contributed by atoms with Crippen molar-refractivity contribution < 1.29 is 24.3 Å². The zero-order valence-electron chi connectivity index (χ0n) is 41.6. The minimum Gasteiger partial charge on any atom is -0.392 e. The van der Waals surface area contributed by atoms with Gasteiger partial charge in [0.05, 0.1) is 18.5 Å². The molecule has 5 aromatic rings. The number of nitrogens with zero attached hydrogens (tertiary/aromatic N) is 9. The molecule has 374 valence electrons. The quantitative estimate of drug-likeness (QED) is 0.161. The van der Waals surface area contributed by atoms with Crippen molar-refractivity contribution in [1.29, 1.82) is 0 Å². The zero-order chi connectivity index (χ0) is 49.7. The molecule has 7 aliphatic rings. The van der Waals surface area contributed by atoms with Crippen LogP contribution in [0.15, 0.2) is 71.9 Å². The number of carbonyl (C=O) groups excluding carboxylic acids is 4. The maximum Gasteiger partial charge on any atom is 0.276 e. The summed E-state index contributed by atoms with van der Waals surface area (Å²) in [4.78, 5) is 85.7. The second-order valence-corrected chi connectivity index (χ2v) is 22.1. The van der Waals surface area contributed by atoms with E-state index in [9.17, 15) is 29.1 Å². The number of likely N-dealkylation sites (tertiary alicyclic amines) is 1. The molecule has 5 aliphatic heterocycles. The number of amides is 4. The summed E-state index contributed by atoms with van der Waals surface area (Å²) in [5.41, 5.74) is 9.23. The summed E-state index contributed by atoms with van der Waals surface area (Å²) >= 11 is 0. The Morgan fingerprint density at radius 3 is 2.40 bits per heavy atom.